The van der Waals surface area contributed by atoms with Gasteiger partial charge in [0.2, 0.25) is 11.0 Å². The second-order valence-electron chi connectivity index (χ2n) is 5.69. The average molecular weight is 410 g/mol. The molecule has 1 heterocycles. The van der Waals surface area contributed by atoms with Gasteiger partial charge >= 0.3 is 0 Å². The lowest BCUT2D eigenvalue weighted by molar-refractivity contribution is -0.120. The highest BCUT2D eigenvalue weighted by molar-refractivity contribution is 7.91. The summed E-state index contributed by atoms with van der Waals surface area (Å²) in [6, 6.07) is 11.9. The van der Waals surface area contributed by atoms with Gasteiger partial charge in [-0.05, 0) is 37.3 Å². The molecule has 9 heteroatoms. The Labute approximate surface area is 160 Å². The lowest BCUT2D eigenvalue weighted by Crippen LogP contribution is -2.30. The molecule has 0 radical (unpaired) electrons. The third-order valence-corrected chi connectivity index (χ3v) is 6.54. The average Bonchev–Trinajstić information content (AvgIpc) is 3.00. The standard InChI is InChI=1S/C17H16ClN3O3S2/c1-11-2-5-13(6-3-11)26(23,24)9-8-16(22)20-21-17-19-14-7-4-12(18)10-15(14)25-17/h2-7,10H,8-9H2,1H3,(H,19,21)(H,20,22). The van der Waals surface area contributed by atoms with E-state index in [-0.39, 0.29) is 17.1 Å². The van der Waals surface area contributed by atoms with Crippen LogP contribution in [0.4, 0.5) is 5.13 Å². The van der Waals surface area contributed by atoms with E-state index in [0.717, 1.165) is 15.8 Å². The summed E-state index contributed by atoms with van der Waals surface area (Å²) in [5.41, 5.74) is 6.91. The van der Waals surface area contributed by atoms with Crippen molar-refractivity contribution in [3.05, 3.63) is 53.1 Å². The van der Waals surface area contributed by atoms with Gasteiger partial charge in [-0.15, -0.1) is 0 Å². The second-order valence-corrected chi connectivity index (χ2v) is 9.26. The maximum absolute atomic E-state index is 12.2. The first-order valence-corrected chi connectivity index (χ1v) is 10.6. The maximum atomic E-state index is 12.2. The molecule has 3 rings (SSSR count). The summed E-state index contributed by atoms with van der Waals surface area (Å²) in [6.45, 7) is 1.88. The Balaban J connectivity index is 1.55. The molecule has 0 saturated heterocycles. The Hall–Kier alpha value is -2.16. The molecule has 0 spiro atoms. The largest absolute Gasteiger partial charge is 0.273 e. The van der Waals surface area contributed by atoms with Crippen LogP contribution in [-0.4, -0.2) is 25.1 Å². The van der Waals surface area contributed by atoms with Gasteiger partial charge in [0.1, 0.15) is 0 Å². The number of nitrogens with zero attached hydrogens (tertiary/aromatic N) is 1. The molecule has 3 aromatic rings. The Morgan fingerprint density at radius 3 is 2.65 bits per heavy atom. The third kappa shape index (κ3) is 4.51. The van der Waals surface area contributed by atoms with Gasteiger partial charge in [0.25, 0.3) is 0 Å². The van der Waals surface area contributed by atoms with Crippen LogP contribution in [0.15, 0.2) is 47.4 Å². The molecule has 2 N–H and O–H groups in total. The third-order valence-electron chi connectivity index (χ3n) is 3.64. The number of sulfone groups is 1. The first kappa shape index (κ1) is 18.6. The number of hydrazine groups is 1. The molecule has 6 nitrogen and oxygen atoms in total. The Morgan fingerprint density at radius 2 is 1.92 bits per heavy atom. The number of carbonyl (C=O) groups is 1. The summed E-state index contributed by atoms with van der Waals surface area (Å²) in [6.07, 6.45) is -0.153. The number of aryl methyl sites for hydroxylation is 1. The fraction of sp³-hybridized carbons (Fsp3) is 0.176. The van der Waals surface area contributed by atoms with Gasteiger partial charge in [-0.25, -0.2) is 13.4 Å². The van der Waals surface area contributed by atoms with Crippen molar-refractivity contribution >= 4 is 54.0 Å². The van der Waals surface area contributed by atoms with Crippen LogP contribution in [0.3, 0.4) is 0 Å². The Bertz CT molecular complexity index is 1050. The number of hydrogen-bond acceptors (Lipinski definition) is 6. The van der Waals surface area contributed by atoms with Crippen molar-refractivity contribution in [1.82, 2.24) is 10.4 Å². The van der Waals surface area contributed by atoms with E-state index in [2.05, 4.69) is 15.8 Å². The van der Waals surface area contributed by atoms with Crippen LogP contribution in [-0.2, 0) is 14.6 Å². The van der Waals surface area contributed by atoms with E-state index in [4.69, 9.17) is 11.6 Å². The molecule has 0 aliphatic rings. The first-order chi connectivity index (χ1) is 12.3. The second kappa shape index (κ2) is 7.61. The number of amides is 1. The lowest BCUT2D eigenvalue weighted by atomic mass is 10.2. The van der Waals surface area contributed by atoms with Crippen molar-refractivity contribution in [2.45, 2.75) is 18.2 Å². The number of halogens is 1. The van der Waals surface area contributed by atoms with Crippen molar-refractivity contribution in [3.63, 3.8) is 0 Å². The highest BCUT2D eigenvalue weighted by Crippen LogP contribution is 2.27. The van der Waals surface area contributed by atoms with E-state index in [1.807, 2.05) is 6.92 Å². The fourth-order valence-electron chi connectivity index (χ4n) is 2.23. The fourth-order valence-corrected chi connectivity index (χ4v) is 4.56. The predicted molar refractivity (Wildman–Crippen MR) is 104 cm³/mol. The molecular formula is C17H16ClN3O3S2. The number of hydrogen-bond donors (Lipinski definition) is 2. The molecule has 136 valence electrons. The minimum absolute atomic E-state index is 0.153. The quantitative estimate of drug-likeness (QED) is 0.607. The van der Waals surface area contributed by atoms with Gasteiger partial charge < -0.3 is 0 Å². The van der Waals surface area contributed by atoms with Crippen molar-refractivity contribution in [2.75, 3.05) is 11.2 Å². The summed E-state index contributed by atoms with van der Waals surface area (Å²) in [4.78, 5) is 16.5. The number of anilines is 1. The highest BCUT2D eigenvalue weighted by Gasteiger charge is 2.16. The molecule has 1 amide bonds. The van der Waals surface area contributed by atoms with Crippen LogP contribution >= 0.6 is 22.9 Å². The molecule has 26 heavy (non-hydrogen) atoms. The first-order valence-electron chi connectivity index (χ1n) is 7.74. The van der Waals surface area contributed by atoms with Crippen LogP contribution in [0.1, 0.15) is 12.0 Å². The predicted octanol–water partition coefficient (Wildman–Crippen LogP) is 3.57. The van der Waals surface area contributed by atoms with Crippen LogP contribution in [0, 0.1) is 6.92 Å². The number of benzene rings is 2. The van der Waals surface area contributed by atoms with Crippen molar-refractivity contribution in [1.29, 1.82) is 0 Å². The molecule has 1 aromatic heterocycles. The molecule has 0 atom stereocenters. The smallest absolute Gasteiger partial charge is 0.239 e. The van der Waals surface area contributed by atoms with E-state index < -0.39 is 15.7 Å². The molecule has 2 aromatic carbocycles. The van der Waals surface area contributed by atoms with E-state index in [9.17, 15) is 13.2 Å². The van der Waals surface area contributed by atoms with E-state index in [1.54, 1.807) is 42.5 Å². The molecule has 0 unspecified atom stereocenters. The van der Waals surface area contributed by atoms with Crippen molar-refractivity contribution in [3.8, 4) is 0 Å². The van der Waals surface area contributed by atoms with Crippen LogP contribution < -0.4 is 10.9 Å². The molecule has 0 aliphatic carbocycles. The van der Waals surface area contributed by atoms with Crippen LogP contribution in [0.25, 0.3) is 10.2 Å². The monoisotopic (exact) mass is 409 g/mol. The summed E-state index contributed by atoms with van der Waals surface area (Å²) in [5, 5.41) is 1.11. The summed E-state index contributed by atoms with van der Waals surface area (Å²) < 4.78 is 25.4. The summed E-state index contributed by atoms with van der Waals surface area (Å²) in [7, 11) is -3.50. The number of aromatic nitrogens is 1. The van der Waals surface area contributed by atoms with Gasteiger partial charge in [0, 0.05) is 11.4 Å². The summed E-state index contributed by atoms with van der Waals surface area (Å²) in [5.74, 6) is -0.697. The van der Waals surface area contributed by atoms with Gasteiger partial charge in [-0.2, -0.15) is 0 Å². The van der Waals surface area contributed by atoms with E-state index >= 15 is 0 Å². The maximum Gasteiger partial charge on any atom is 0.239 e. The molecule has 0 aliphatic heterocycles. The zero-order chi connectivity index (χ0) is 18.7. The number of rotatable bonds is 6. The van der Waals surface area contributed by atoms with E-state index in [0.29, 0.717) is 10.2 Å². The minimum atomic E-state index is -3.50. The van der Waals surface area contributed by atoms with Gasteiger partial charge in [-0.3, -0.25) is 15.6 Å². The summed E-state index contributed by atoms with van der Waals surface area (Å²) >= 11 is 7.27. The Kier molecular flexibility index (Phi) is 5.45. The zero-order valence-corrected chi connectivity index (χ0v) is 16.2. The number of fused-ring (bicyclic) bond motifs is 1. The number of thiazole rings is 1. The number of carbonyl (C=O) groups excluding carboxylic acids is 1. The van der Waals surface area contributed by atoms with E-state index in [1.165, 1.54) is 11.3 Å². The zero-order valence-electron chi connectivity index (χ0n) is 13.8. The topological polar surface area (TPSA) is 88.2 Å². The molecule has 0 saturated carbocycles. The van der Waals surface area contributed by atoms with Gasteiger partial charge in [-0.1, -0.05) is 40.6 Å². The van der Waals surface area contributed by atoms with Crippen LogP contribution in [0.5, 0.6) is 0 Å². The van der Waals surface area contributed by atoms with Crippen molar-refractivity contribution < 1.29 is 13.2 Å². The number of nitrogens with one attached hydrogen (secondary N) is 2. The Morgan fingerprint density at radius 1 is 1.19 bits per heavy atom. The minimum Gasteiger partial charge on any atom is -0.273 e. The van der Waals surface area contributed by atoms with Crippen molar-refractivity contribution in [2.24, 2.45) is 0 Å². The normalized spacial score (nSPS) is 11.5. The molecule has 0 fully saturated rings. The highest BCUT2D eigenvalue weighted by atomic mass is 35.5. The molecular weight excluding hydrogens is 394 g/mol. The van der Waals surface area contributed by atoms with Crippen LogP contribution in [0.2, 0.25) is 5.02 Å². The van der Waals surface area contributed by atoms with Gasteiger partial charge in [0.15, 0.2) is 9.84 Å². The van der Waals surface area contributed by atoms with Gasteiger partial charge in [0.05, 0.1) is 20.9 Å². The molecule has 0 bridgehead atoms. The SMILES string of the molecule is Cc1ccc(S(=O)(=O)CCC(=O)NNc2nc3ccc(Cl)cc3s2)cc1. The lowest BCUT2D eigenvalue weighted by Gasteiger charge is -2.07.